The van der Waals surface area contributed by atoms with Crippen LogP contribution >= 0.6 is 11.8 Å². The predicted octanol–water partition coefficient (Wildman–Crippen LogP) is 4.45. The first-order chi connectivity index (χ1) is 14.0. The van der Waals surface area contributed by atoms with Gasteiger partial charge in [0, 0.05) is 18.2 Å². The molecule has 6 nitrogen and oxygen atoms in total. The van der Waals surface area contributed by atoms with Crippen molar-refractivity contribution in [3.8, 4) is 5.75 Å². The Morgan fingerprint density at radius 2 is 1.90 bits per heavy atom. The highest BCUT2D eigenvalue weighted by molar-refractivity contribution is 8.15. The van der Waals surface area contributed by atoms with E-state index in [9.17, 15) is 9.59 Å². The van der Waals surface area contributed by atoms with E-state index >= 15 is 0 Å². The minimum Gasteiger partial charge on any atom is -0.497 e. The Kier molecular flexibility index (Phi) is 6.93. The van der Waals surface area contributed by atoms with Gasteiger partial charge in [-0.3, -0.25) is 14.5 Å². The number of amidine groups is 1. The lowest BCUT2D eigenvalue weighted by atomic mass is 10.2. The van der Waals surface area contributed by atoms with E-state index in [-0.39, 0.29) is 24.3 Å². The number of benzene rings is 2. The number of nitrogens with zero attached hydrogens (tertiary/aromatic N) is 2. The van der Waals surface area contributed by atoms with Gasteiger partial charge in [0.15, 0.2) is 5.17 Å². The molecule has 1 aliphatic rings. The highest BCUT2D eigenvalue weighted by Crippen LogP contribution is 2.34. The summed E-state index contributed by atoms with van der Waals surface area (Å²) in [7, 11) is 1.61. The number of anilines is 1. The molecule has 0 unspecified atom stereocenters. The smallest absolute Gasteiger partial charge is 0.242 e. The standard InChI is InChI=1S/C22H25N3O3S/c1-4-15(2)25-21(27)19(14-20(26)23-16-8-6-5-7-9-16)29-22(25)24-17-10-12-18(28-3)13-11-17/h5-13,15,19H,4,14H2,1-3H3,(H,23,26)/t15-,19+/m1/s1. The van der Waals surface area contributed by atoms with E-state index in [1.807, 2.05) is 68.4 Å². The van der Waals surface area contributed by atoms with Gasteiger partial charge in [-0.2, -0.15) is 0 Å². The van der Waals surface area contributed by atoms with Crippen molar-refractivity contribution >= 4 is 40.1 Å². The van der Waals surface area contributed by atoms with Crippen molar-refractivity contribution in [1.29, 1.82) is 0 Å². The summed E-state index contributed by atoms with van der Waals surface area (Å²) in [5, 5.41) is 3.00. The lowest BCUT2D eigenvalue weighted by Crippen LogP contribution is -2.39. The Morgan fingerprint density at radius 1 is 1.21 bits per heavy atom. The quantitative estimate of drug-likeness (QED) is 0.730. The molecule has 152 valence electrons. The number of carbonyl (C=O) groups is 2. The molecule has 1 fully saturated rings. The first-order valence-corrected chi connectivity index (χ1v) is 10.5. The van der Waals surface area contributed by atoms with Gasteiger partial charge in [-0.25, -0.2) is 4.99 Å². The summed E-state index contributed by atoms with van der Waals surface area (Å²) in [5.41, 5.74) is 1.46. The van der Waals surface area contributed by atoms with Crippen LogP contribution in [0.2, 0.25) is 0 Å². The van der Waals surface area contributed by atoms with Gasteiger partial charge in [0.1, 0.15) is 11.0 Å². The lowest BCUT2D eigenvalue weighted by molar-refractivity contribution is -0.129. The third-order valence-electron chi connectivity index (χ3n) is 4.72. The average molecular weight is 412 g/mol. The Labute approximate surface area is 175 Å². The van der Waals surface area contributed by atoms with Crippen LogP contribution in [0.5, 0.6) is 5.75 Å². The highest BCUT2D eigenvalue weighted by atomic mass is 32.2. The van der Waals surface area contributed by atoms with Gasteiger partial charge in [0.05, 0.1) is 12.8 Å². The molecular weight excluding hydrogens is 386 g/mol. The summed E-state index contributed by atoms with van der Waals surface area (Å²) in [6, 6.07) is 16.6. The van der Waals surface area contributed by atoms with Crippen molar-refractivity contribution in [2.24, 2.45) is 4.99 Å². The van der Waals surface area contributed by atoms with Crippen molar-refractivity contribution in [3.63, 3.8) is 0 Å². The van der Waals surface area contributed by atoms with Gasteiger partial charge in [-0.05, 0) is 49.7 Å². The molecule has 1 saturated heterocycles. The molecule has 1 N–H and O–H groups in total. The Bertz CT molecular complexity index is 884. The number of amides is 2. The number of rotatable bonds is 7. The summed E-state index contributed by atoms with van der Waals surface area (Å²) < 4.78 is 5.18. The molecule has 7 heteroatoms. The van der Waals surface area contributed by atoms with Gasteiger partial charge in [0.25, 0.3) is 0 Å². The molecular formula is C22H25N3O3S. The fraction of sp³-hybridized carbons (Fsp3) is 0.318. The maximum Gasteiger partial charge on any atom is 0.242 e. The lowest BCUT2D eigenvalue weighted by Gasteiger charge is -2.23. The van der Waals surface area contributed by atoms with Gasteiger partial charge in [0.2, 0.25) is 11.8 Å². The van der Waals surface area contributed by atoms with Crippen molar-refractivity contribution in [3.05, 3.63) is 54.6 Å². The second kappa shape index (κ2) is 9.60. The largest absolute Gasteiger partial charge is 0.497 e. The second-order valence-corrected chi connectivity index (χ2v) is 7.95. The highest BCUT2D eigenvalue weighted by Gasteiger charge is 2.41. The first-order valence-electron chi connectivity index (χ1n) is 9.59. The number of hydrogen-bond donors (Lipinski definition) is 1. The molecule has 2 aromatic rings. The van der Waals surface area contributed by atoms with E-state index in [2.05, 4.69) is 10.3 Å². The molecule has 2 atom stereocenters. The molecule has 29 heavy (non-hydrogen) atoms. The Hall–Kier alpha value is -2.80. The monoisotopic (exact) mass is 411 g/mol. The normalized spacial score (nSPS) is 18.7. The van der Waals surface area contributed by atoms with Crippen molar-refractivity contribution in [2.75, 3.05) is 12.4 Å². The SMILES string of the molecule is CC[C@@H](C)N1C(=O)[C@H](CC(=O)Nc2ccccc2)SC1=Nc1ccc(OC)cc1. The molecule has 3 rings (SSSR count). The molecule has 0 aliphatic carbocycles. The van der Waals surface area contributed by atoms with E-state index in [0.29, 0.717) is 5.17 Å². The van der Waals surface area contributed by atoms with Crippen LogP contribution in [0.3, 0.4) is 0 Å². The van der Waals surface area contributed by atoms with Crippen LogP contribution in [-0.2, 0) is 9.59 Å². The molecule has 1 aliphatic heterocycles. The number of methoxy groups -OCH3 is 1. The molecule has 2 amide bonds. The van der Waals surface area contributed by atoms with Crippen LogP contribution < -0.4 is 10.1 Å². The van der Waals surface area contributed by atoms with E-state index in [4.69, 9.17) is 4.74 Å². The van der Waals surface area contributed by atoms with Crippen LogP contribution in [0.1, 0.15) is 26.7 Å². The van der Waals surface area contributed by atoms with Gasteiger partial charge in [-0.1, -0.05) is 36.9 Å². The summed E-state index contributed by atoms with van der Waals surface area (Å²) in [4.78, 5) is 31.9. The maximum atomic E-state index is 13.0. The van der Waals surface area contributed by atoms with Gasteiger partial charge in [-0.15, -0.1) is 0 Å². The van der Waals surface area contributed by atoms with Crippen LogP contribution in [0.15, 0.2) is 59.6 Å². The number of para-hydroxylation sites is 1. The van der Waals surface area contributed by atoms with Crippen molar-refractivity contribution in [1.82, 2.24) is 4.90 Å². The van der Waals surface area contributed by atoms with Gasteiger partial charge < -0.3 is 10.1 Å². The fourth-order valence-electron chi connectivity index (χ4n) is 2.95. The molecule has 0 bridgehead atoms. The summed E-state index contributed by atoms with van der Waals surface area (Å²) >= 11 is 1.35. The van der Waals surface area contributed by atoms with Gasteiger partial charge >= 0.3 is 0 Å². The number of nitrogens with one attached hydrogen (secondary N) is 1. The molecule has 2 aromatic carbocycles. The number of carbonyl (C=O) groups excluding carboxylic acids is 2. The van der Waals surface area contributed by atoms with E-state index in [0.717, 1.165) is 23.5 Å². The molecule has 0 radical (unpaired) electrons. The first kappa shape index (κ1) is 20.9. The minimum absolute atomic E-state index is 0.00850. The Balaban J connectivity index is 1.76. The topological polar surface area (TPSA) is 71.0 Å². The molecule has 0 spiro atoms. The second-order valence-electron chi connectivity index (χ2n) is 6.78. The number of aliphatic imine (C=N–C) groups is 1. The molecule has 0 aromatic heterocycles. The van der Waals surface area contributed by atoms with Crippen molar-refractivity contribution < 1.29 is 14.3 Å². The summed E-state index contributed by atoms with van der Waals surface area (Å²) in [6.07, 6.45) is 0.907. The average Bonchev–Trinajstić information content (AvgIpc) is 3.03. The predicted molar refractivity (Wildman–Crippen MR) is 118 cm³/mol. The van der Waals surface area contributed by atoms with Crippen LogP contribution in [0, 0.1) is 0 Å². The van der Waals surface area contributed by atoms with E-state index < -0.39 is 5.25 Å². The summed E-state index contributed by atoms with van der Waals surface area (Å²) in [6.45, 7) is 4.03. The number of hydrogen-bond acceptors (Lipinski definition) is 5. The maximum absolute atomic E-state index is 13.0. The number of ether oxygens (including phenoxy) is 1. The zero-order chi connectivity index (χ0) is 20.8. The van der Waals surface area contributed by atoms with Crippen LogP contribution in [0.4, 0.5) is 11.4 Å². The third-order valence-corrected chi connectivity index (χ3v) is 5.88. The van der Waals surface area contributed by atoms with E-state index in [1.165, 1.54) is 11.8 Å². The molecule has 1 heterocycles. The fourth-order valence-corrected chi connectivity index (χ4v) is 4.20. The molecule has 0 saturated carbocycles. The summed E-state index contributed by atoms with van der Waals surface area (Å²) in [5.74, 6) is 0.495. The zero-order valence-corrected chi connectivity index (χ0v) is 17.6. The Morgan fingerprint density at radius 3 is 2.52 bits per heavy atom. The van der Waals surface area contributed by atoms with E-state index in [1.54, 1.807) is 12.0 Å². The van der Waals surface area contributed by atoms with Crippen LogP contribution in [-0.4, -0.2) is 40.3 Å². The number of thioether (sulfide) groups is 1. The minimum atomic E-state index is -0.482. The zero-order valence-electron chi connectivity index (χ0n) is 16.8. The van der Waals surface area contributed by atoms with Crippen molar-refractivity contribution in [2.45, 2.75) is 38.0 Å². The van der Waals surface area contributed by atoms with Crippen LogP contribution in [0.25, 0.3) is 0 Å². The third kappa shape index (κ3) is 5.17.